The molecular formula is C17H16N4O2. The zero-order valence-electron chi connectivity index (χ0n) is 12.5. The van der Waals surface area contributed by atoms with Gasteiger partial charge in [-0.15, -0.1) is 0 Å². The third-order valence-corrected chi connectivity index (χ3v) is 3.46. The molecule has 23 heavy (non-hydrogen) atoms. The van der Waals surface area contributed by atoms with Crippen LogP contribution in [0.1, 0.15) is 18.4 Å². The molecule has 116 valence electrons. The van der Waals surface area contributed by atoms with Crippen molar-refractivity contribution in [1.82, 2.24) is 9.99 Å². The predicted molar refractivity (Wildman–Crippen MR) is 86.5 cm³/mol. The van der Waals surface area contributed by atoms with Gasteiger partial charge in [-0.1, -0.05) is 30.3 Å². The van der Waals surface area contributed by atoms with Crippen LogP contribution >= 0.6 is 0 Å². The highest BCUT2D eigenvalue weighted by atomic mass is 16.2. The zero-order chi connectivity index (χ0) is 16.1. The highest BCUT2D eigenvalue weighted by Crippen LogP contribution is 2.14. The summed E-state index contributed by atoms with van der Waals surface area (Å²) in [5.74, 6) is -0.379. The van der Waals surface area contributed by atoms with Crippen molar-refractivity contribution < 1.29 is 9.59 Å². The summed E-state index contributed by atoms with van der Waals surface area (Å²) in [6, 6.07) is 13.1. The summed E-state index contributed by atoms with van der Waals surface area (Å²) in [5, 5.41) is 8.32. The van der Waals surface area contributed by atoms with Crippen LogP contribution in [0.25, 0.3) is 0 Å². The fourth-order valence-electron chi connectivity index (χ4n) is 2.28. The van der Waals surface area contributed by atoms with Gasteiger partial charge >= 0.3 is 0 Å². The van der Waals surface area contributed by atoms with Crippen molar-refractivity contribution in [3.63, 3.8) is 0 Å². The van der Waals surface area contributed by atoms with Crippen LogP contribution in [0.2, 0.25) is 0 Å². The van der Waals surface area contributed by atoms with Crippen LogP contribution in [0.4, 0.5) is 5.69 Å². The minimum absolute atomic E-state index is 0.0771. The van der Waals surface area contributed by atoms with Crippen LogP contribution in [-0.4, -0.2) is 27.5 Å². The van der Waals surface area contributed by atoms with Gasteiger partial charge in [-0.3, -0.25) is 14.6 Å². The van der Waals surface area contributed by atoms with Gasteiger partial charge < -0.3 is 5.32 Å². The number of aromatic nitrogens is 1. The molecule has 0 unspecified atom stereocenters. The van der Waals surface area contributed by atoms with E-state index in [1.165, 1.54) is 5.01 Å². The molecule has 2 heterocycles. The second-order valence-electron chi connectivity index (χ2n) is 5.18. The number of nitrogens with one attached hydrogen (secondary N) is 1. The number of amides is 2. The molecule has 0 radical (unpaired) electrons. The van der Waals surface area contributed by atoms with Crippen LogP contribution in [0.5, 0.6) is 0 Å². The molecule has 0 bridgehead atoms. The number of nitrogens with zero attached hydrogens (tertiary/aromatic N) is 3. The summed E-state index contributed by atoms with van der Waals surface area (Å²) < 4.78 is 0. The second-order valence-corrected chi connectivity index (χ2v) is 5.18. The van der Waals surface area contributed by atoms with E-state index in [4.69, 9.17) is 0 Å². The third kappa shape index (κ3) is 3.79. The number of carbonyl (C=O) groups excluding carboxylic acids is 2. The van der Waals surface area contributed by atoms with Gasteiger partial charge in [-0.05, 0) is 17.7 Å². The number of hydrogen-bond donors (Lipinski definition) is 1. The van der Waals surface area contributed by atoms with E-state index in [1.54, 1.807) is 24.5 Å². The standard InChI is InChI=1S/C17H16N4O2/c22-16-9-8-15(17(23)19-14-7-4-10-18-11-14)20-21(16)12-13-5-2-1-3-6-13/h1-7,10-11H,8-9,12H2,(H,19,23). The number of carbonyl (C=O) groups is 2. The normalized spacial score (nSPS) is 14.3. The highest BCUT2D eigenvalue weighted by molar-refractivity contribution is 6.43. The first kappa shape index (κ1) is 14.9. The van der Waals surface area contributed by atoms with Gasteiger partial charge in [0.2, 0.25) is 5.91 Å². The SMILES string of the molecule is O=C(Nc1cccnc1)C1=NN(Cc2ccccc2)C(=O)CC1. The van der Waals surface area contributed by atoms with Crippen molar-refractivity contribution in [3.05, 3.63) is 60.4 Å². The summed E-state index contributed by atoms with van der Waals surface area (Å²) in [6.45, 7) is 0.364. The van der Waals surface area contributed by atoms with Crippen LogP contribution in [0.15, 0.2) is 60.0 Å². The lowest BCUT2D eigenvalue weighted by molar-refractivity contribution is -0.132. The van der Waals surface area contributed by atoms with Crippen molar-refractivity contribution in [2.75, 3.05) is 5.32 Å². The third-order valence-electron chi connectivity index (χ3n) is 3.46. The lowest BCUT2D eigenvalue weighted by Gasteiger charge is -2.23. The molecule has 0 saturated heterocycles. The van der Waals surface area contributed by atoms with Gasteiger partial charge in [0, 0.05) is 19.0 Å². The maximum Gasteiger partial charge on any atom is 0.271 e. The van der Waals surface area contributed by atoms with Gasteiger partial charge in [0.15, 0.2) is 0 Å². The smallest absolute Gasteiger partial charge is 0.271 e. The fourth-order valence-corrected chi connectivity index (χ4v) is 2.28. The predicted octanol–water partition coefficient (Wildman–Crippen LogP) is 2.20. The quantitative estimate of drug-likeness (QED) is 0.941. The Hall–Kier alpha value is -3.02. The molecule has 1 N–H and O–H groups in total. The lowest BCUT2D eigenvalue weighted by Crippen LogP contribution is -2.36. The molecule has 6 heteroatoms. The number of hydrogen-bond acceptors (Lipinski definition) is 4. The lowest BCUT2D eigenvalue weighted by atomic mass is 10.1. The molecule has 3 rings (SSSR count). The van der Waals surface area contributed by atoms with Crippen molar-refractivity contribution in [1.29, 1.82) is 0 Å². The molecule has 0 fully saturated rings. The first-order valence-electron chi connectivity index (χ1n) is 7.35. The average Bonchev–Trinajstić information content (AvgIpc) is 2.58. The Labute approximate surface area is 133 Å². The Morgan fingerprint density at radius 1 is 1.13 bits per heavy atom. The van der Waals surface area contributed by atoms with E-state index in [2.05, 4.69) is 15.4 Å². The van der Waals surface area contributed by atoms with Gasteiger partial charge in [0.25, 0.3) is 5.91 Å². The summed E-state index contributed by atoms with van der Waals surface area (Å²) >= 11 is 0. The summed E-state index contributed by atoms with van der Waals surface area (Å²) in [6.07, 6.45) is 3.82. The van der Waals surface area contributed by atoms with E-state index in [9.17, 15) is 9.59 Å². The number of rotatable bonds is 4. The van der Waals surface area contributed by atoms with Gasteiger partial charge in [-0.2, -0.15) is 5.10 Å². The maximum absolute atomic E-state index is 12.3. The van der Waals surface area contributed by atoms with Crippen molar-refractivity contribution in [2.24, 2.45) is 5.10 Å². The van der Waals surface area contributed by atoms with Crippen molar-refractivity contribution >= 4 is 23.2 Å². The Morgan fingerprint density at radius 3 is 2.70 bits per heavy atom. The minimum Gasteiger partial charge on any atom is -0.319 e. The molecule has 0 saturated carbocycles. The Balaban J connectivity index is 1.73. The average molecular weight is 308 g/mol. The van der Waals surface area contributed by atoms with E-state index >= 15 is 0 Å². The molecule has 0 aliphatic carbocycles. The van der Waals surface area contributed by atoms with Crippen LogP contribution in [0, 0.1) is 0 Å². The number of anilines is 1. The number of hydrazone groups is 1. The molecule has 1 aromatic carbocycles. The van der Waals surface area contributed by atoms with Gasteiger partial charge in [0.05, 0.1) is 18.4 Å². The molecule has 1 aromatic heterocycles. The van der Waals surface area contributed by atoms with Crippen LogP contribution < -0.4 is 5.32 Å². The summed E-state index contributed by atoms with van der Waals surface area (Å²) in [4.78, 5) is 28.2. The molecule has 2 aromatic rings. The fraction of sp³-hybridized carbons (Fsp3) is 0.176. The highest BCUT2D eigenvalue weighted by Gasteiger charge is 2.24. The molecular weight excluding hydrogens is 292 g/mol. The van der Waals surface area contributed by atoms with Gasteiger partial charge in [0.1, 0.15) is 5.71 Å². The maximum atomic E-state index is 12.3. The van der Waals surface area contributed by atoms with E-state index in [0.29, 0.717) is 24.4 Å². The Bertz CT molecular complexity index is 729. The number of benzene rings is 1. The second kappa shape index (κ2) is 6.83. The van der Waals surface area contributed by atoms with Crippen molar-refractivity contribution in [3.8, 4) is 0 Å². The Morgan fingerprint density at radius 2 is 1.96 bits per heavy atom. The minimum atomic E-state index is -0.302. The summed E-state index contributed by atoms with van der Waals surface area (Å²) in [7, 11) is 0. The van der Waals surface area contributed by atoms with Gasteiger partial charge in [-0.25, -0.2) is 5.01 Å². The van der Waals surface area contributed by atoms with Crippen LogP contribution in [0.3, 0.4) is 0 Å². The number of pyridine rings is 1. The van der Waals surface area contributed by atoms with Crippen molar-refractivity contribution in [2.45, 2.75) is 19.4 Å². The largest absolute Gasteiger partial charge is 0.319 e. The molecule has 2 amide bonds. The molecule has 6 nitrogen and oxygen atoms in total. The monoisotopic (exact) mass is 308 g/mol. The van der Waals surface area contributed by atoms with E-state index in [0.717, 1.165) is 5.56 Å². The molecule has 1 aliphatic rings. The first-order valence-corrected chi connectivity index (χ1v) is 7.35. The topological polar surface area (TPSA) is 74.7 Å². The van der Waals surface area contributed by atoms with E-state index in [1.807, 2.05) is 30.3 Å². The summed E-state index contributed by atoms with van der Waals surface area (Å²) in [5.41, 5.74) is 1.93. The molecule has 0 atom stereocenters. The van der Waals surface area contributed by atoms with E-state index in [-0.39, 0.29) is 18.2 Å². The van der Waals surface area contributed by atoms with E-state index < -0.39 is 0 Å². The molecule has 0 spiro atoms. The molecule has 1 aliphatic heterocycles. The zero-order valence-corrected chi connectivity index (χ0v) is 12.5. The van der Waals surface area contributed by atoms with Crippen LogP contribution in [-0.2, 0) is 16.1 Å². The first-order chi connectivity index (χ1) is 11.2. The Kier molecular flexibility index (Phi) is 4.42.